The quantitative estimate of drug-likeness (QED) is 0.742. The first kappa shape index (κ1) is 15.4. The van der Waals surface area contributed by atoms with Gasteiger partial charge in [0.25, 0.3) is 0 Å². The van der Waals surface area contributed by atoms with E-state index in [1.165, 1.54) is 44.1 Å². The molecule has 1 atom stereocenters. The van der Waals surface area contributed by atoms with Gasteiger partial charge < -0.3 is 10.1 Å². The molecule has 0 radical (unpaired) electrons. The molecule has 2 rings (SSSR count). The van der Waals surface area contributed by atoms with Crippen LogP contribution in [0.4, 0.5) is 0 Å². The van der Waals surface area contributed by atoms with E-state index >= 15 is 0 Å². The van der Waals surface area contributed by atoms with Gasteiger partial charge in [-0.25, -0.2) is 0 Å². The molecule has 1 unspecified atom stereocenters. The third-order valence-electron chi connectivity index (χ3n) is 4.38. The maximum Gasteiger partial charge on any atom is 0.119 e. The normalized spacial score (nSPS) is 17.3. The summed E-state index contributed by atoms with van der Waals surface area (Å²) in [4.78, 5) is 0. The Morgan fingerprint density at radius 2 is 1.85 bits per heavy atom. The Hall–Kier alpha value is -1.02. The molecular formula is C18H29NO. The van der Waals surface area contributed by atoms with E-state index in [1.54, 1.807) is 0 Å². The minimum atomic E-state index is 0.497. The van der Waals surface area contributed by atoms with Crippen LogP contribution in [-0.4, -0.2) is 13.2 Å². The topological polar surface area (TPSA) is 21.3 Å². The van der Waals surface area contributed by atoms with Crippen LogP contribution in [0.1, 0.15) is 64.0 Å². The van der Waals surface area contributed by atoms with Crippen LogP contribution in [0.3, 0.4) is 0 Å². The first-order valence-electron chi connectivity index (χ1n) is 8.29. The number of hydrogen-bond acceptors (Lipinski definition) is 2. The van der Waals surface area contributed by atoms with Crippen LogP contribution >= 0.6 is 0 Å². The summed E-state index contributed by atoms with van der Waals surface area (Å²) in [7, 11) is 0. The molecule has 0 spiro atoms. The Kier molecular flexibility index (Phi) is 6.38. The largest absolute Gasteiger partial charge is 0.494 e. The summed E-state index contributed by atoms with van der Waals surface area (Å²) in [6.07, 6.45) is 8.40. The van der Waals surface area contributed by atoms with E-state index in [0.29, 0.717) is 6.04 Å². The number of rotatable bonds is 8. The lowest BCUT2D eigenvalue weighted by atomic mass is 9.95. The van der Waals surface area contributed by atoms with Crippen molar-refractivity contribution < 1.29 is 4.74 Å². The number of benzene rings is 1. The summed E-state index contributed by atoms with van der Waals surface area (Å²) in [5, 5.41) is 3.63. The molecule has 0 bridgehead atoms. The van der Waals surface area contributed by atoms with Crippen molar-refractivity contribution in [2.75, 3.05) is 13.2 Å². The lowest BCUT2D eigenvalue weighted by Crippen LogP contribution is -2.21. The van der Waals surface area contributed by atoms with E-state index in [9.17, 15) is 0 Å². The Bertz CT molecular complexity index is 368. The maximum absolute atomic E-state index is 5.52. The van der Waals surface area contributed by atoms with Crippen molar-refractivity contribution in [1.29, 1.82) is 0 Å². The molecule has 1 aromatic rings. The second kappa shape index (κ2) is 8.31. The second-order valence-corrected chi connectivity index (χ2v) is 5.84. The molecule has 1 aromatic carbocycles. The van der Waals surface area contributed by atoms with Crippen molar-refractivity contribution in [2.45, 2.75) is 58.4 Å². The van der Waals surface area contributed by atoms with Crippen molar-refractivity contribution in [3.05, 3.63) is 29.8 Å². The third-order valence-corrected chi connectivity index (χ3v) is 4.38. The van der Waals surface area contributed by atoms with Gasteiger partial charge >= 0.3 is 0 Å². The molecule has 0 heterocycles. The van der Waals surface area contributed by atoms with Crippen LogP contribution < -0.4 is 10.1 Å². The van der Waals surface area contributed by atoms with Gasteiger partial charge in [0.1, 0.15) is 5.75 Å². The molecule has 2 nitrogen and oxygen atoms in total. The predicted molar refractivity (Wildman–Crippen MR) is 85.2 cm³/mol. The fourth-order valence-electron chi connectivity index (χ4n) is 3.30. The van der Waals surface area contributed by atoms with Crippen LogP contribution in [0.2, 0.25) is 0 Å². The zero-order chi connectivity index (χ0) is 14.2. The molecule has 20 heavy (non-hydrogen) atoms. The van der Waals surface area contributed by atoms with Crippen molar-refractivity contribution >= 4 is 0 Å². The van der Waals surface area contributed by atoms with E-state index in [4.69, 9.17) is 4.74 Å². The standard InChI is InChI=1S/C18H29NO/c1-3-19-18(14-9-15-7-5-6-8-15)16-10-12-17(13-11-16)20-4-2/h10-13,15,18-19H,3-9,14H2,1-2H3. The van der Waals surface area contributed by atoms with Crippen LogP contribution in [0, 0.1) is 5.92 Å². The lowest BCUT2D eigenvalue weighted by molar-refractivity contribution is 0.340. The van der Waals surface area contributed by atoms with E-state index in [0.717, 1.165) is 24.8 Å². The van der Waals surface area contributed by atoms with Gasteiger partial charge in [-0.1, -0.05) is 44.7 Å². The molecule has 2 heteroatoms. The van der Waals surface area contributed by atoms with Crippen LogP contribution in [0.25, 0.3) is 0 Å². The van der Waals surface area contributed by atoms with Gasteiger partial charge in [-0.2, -0.15) is 0 Å². The van der Waals surface area contributed by atoms with Gasteiger partial charge in [0.2, 0.25) is 0 Å². The highest BCUT2D eigenvalue weighted by Gasteiger charge is 2.18. The van der Waals surface area contributed by atoms with Gasteiger partial charge in [0, 0.05) is 6.04 Å². The smallest absolute Gasteiger partial charge is 0.119 e. The van der Waals surface area contributed by atoms with Crippen molar-refractivity contribution in [2.24, 2.45) is 5.92 Å². The van der Waals surface area contributed by atoms with E-state index in [-0.39, 0.29) is 0 Å². The molecule has 1 aliphatic rings. The number of hydrogen-bond donors (Lipinski definition) is 1. The Balaban J connectivity index is 1.91. The highest BCUT2D eigenvalue weighted by molar-refractivity contribution is 5.29. The Labute approximate surface area is 123 Å². The Morgan fingerprint density at radius 1 is 1.15 bits per heavy atom. The van der Waals surface area contributed by atoms with Crippen LogP contribution in [0.5, 0.6) is 5.75 Å². The van der Waals surface area contributed by atoms with Gasteiger partial charge in [-0.05, 0) is 49.9 Å². The highest BCUT2D eigenvalue weighted by Crippen LogP contribution is 2.31. The molecule has 112 valence electrons. The molecule has 1 N–H and O–H groups in total. The summed E-state index contributed by atoms with van der Waals surface area (Å²) in [5.41, 5.74) is 1.40. The minimum Gasteiger partial charge on any atom is -0.494 e. The van der Waals surface area contributed by atoms with Gasteiger partial charge in [-0.3, -0.25) is 0 Å². The van der Waals surface area contributed by atoms with Crippen molar-refractivity contribution in [3.63, 3.8) is 0 Å². The summed E-state index contributed by atoms with van der Waals surface area (Å²) < 4.78 is 5.52. The molecular weight excluding hydrogens is 246 g/mol. The van der Waals surface area contributed by atoms with E-state index in [2.05, 4.69) is 36.5 Å². The zero-order valence-corrected chi connectivity index (χ0v) is 13.0. The summed E-state index contributed by atoms with van der Waals surface area (Å²) in [6.45, 7) is 5.98. The number of ether oxygens (including phenoxy) is 1. The Morgan fingerprint density at radius 3 is 2.45 bits per heavy atom. The van der Waals surface area contributed by atoms with E-state index in [1.807, 2.05) is 6.92 Å². The van der Waals surface area contributed by atoms with Gasteiger partial charge in [0.15, 0.2) is 0 Å². The first-order chi connectivity index (χ1) is 9.83. The van der Waals surface area contributed by atoms with Crippen LogP contribution in [-0.2, 0) is 0 Å². The highest BCUT2D eigenvalue weighted by atomic mass is 16.5. The molecule has 0 amide bonds. The molecule has 0 aromatic heterocycles. The van der Waals surface area contributed by atoms with E-state index < -0.39 is 0 Å². The fraction of sp³-hybridized carbons (Fsp3) is 0.667. The molecule has 0 saturated heterocycles. The number of nitrogens with one attached hydrogen (secondary N) is 1. The fourth-order valence-corrected chi connectivity index (χ4v) is 3.30. The predicted octanol–water partition coefficient (Wildman–Crippen LogP) is 4.71. The summed E-state index contributed by atoms with van der Waals surface area (Å²) in [5.74, 6) is 1.95. The second-order valence-electron chi connectivity index (χ2n) is 5.84. The average molecular weight is 275 g/mol. The zero-order valence-electron chi connectivity index (χ0n) is 13.0. The first-order valence-corrected chi connectivity index (χ1v) is 8.29. The SMILES string of the molecule is CCNC(CCC1CCCC1)c1ccc(OCC)cc1. The van der Waals surface area contributed by atoms with Crippen molar-refractivity contribution in [1.82, 2.24) is 5.32 Å². The van der Waals surface area contributed by atoms with Crippen LogP contribution in [0.15, 0.2) is 24.3 Å². The molecule has 1 saturated carbocycles. The average Bonchev–Trinajstić information content (AvgIpc) is 2.98. The summed E-state index contributed by atoms with van der Waals surface area (Å²) >= 11 is 0. The monoisotopic (exact) mass is 275 g/mol. The third kappa shape index (κ3) is 4.52. The van der Waals surface area contributed by atoms with Crippen molar-refractivity contribution in [3.8, 4) is 5.75 Å². The lowest BCUT2D eigenvalue weighted by Gasteiger charge is -2.20. The van der Waals surface area contributed by atoms with Gasteiger partial charge in [0.05, 0.1) is 6.61 Å². The molecule has 1 aliphatic carbocycles. The molecule has 1 fully saturated rings. The minimum absolute atomic E-state index is 0.497. The molecule has 0 aliphatic heterocycles. The maximum atomic E-state index is 5.52. The summed E-state index contributed by atoms with van der Waals surface area (Å²) in [6, 6.07) is 9.12. The van der Waals surface area contributed by atoms with Gasteiger partial charge in [-0.15, -0.1) is 0 Å².